The molecule has 0 aromatic heterocycles. The molecule has 0 radical (unpaired) electrons. The van der Waals surface area contributed by atoms with Crippen molar-refractivity contribution in [2.75, 3.05) is 6.61 Å². The molecule has 90 valence electrons. The van der Waals surface area contributed by atoms with Crippen molar-refractivity contribution in [3.8, 4) is 11.5 Å². The van der Waals surface area contributed by atoms with Crippen LogP contribution >= 0.6 is 0 Å². The molecule has 0 bridgehead atoms. The largest absolute Gasteiger partial charge is 0.480 e. The highest BCUT2D eigenvalue weighted by molar-refractivity contribution is 6.83. The number of aliphatic carboxylic acids is 1. The highest BCUT2D eigenvalue weighted by Crippen LogP contribution is 1.97. The Balaban J connectivity index is 3.92. The van der Waals surface area contributed by atoms with E-state index in [0.29, 0.717) is 0 Å². The predicted molar refractivity (Wildman–Crippen MR) is 62.3 cm³/mol. The molecule has 0 aromatic carbocycles. The average molecular weight is 243 g/mol. The lowest BCUT2D eigenvalue weighted by Gasteiger charge is -2.06. The van der Waals surface area contributed by atoms with Crippen LogP contribution in [-0.4, -0.2) is 37.8 Å². The van der Waals surface area contributed by atoms with Gasteiger partial charge in [0.1, 0.15) is 27.1 Å². The minimum atomic E-state index is -1.47. The van der Waals surface area contributed by atoms with Crippen LogP contribution in [-0.2, 0) is 14.3 Å². The quantitative estimate of drug-likeness (QED) is 0.418. The van der Waals surface area contributed by atoms with E-state index in [2.05, 4.69) is 35.8 Å². The van der Waals surface area contributed by atoms with E-state index in [1.165, 1.54) is 0 Å². The maximum Gasteiger partial charge on any atom is 0.324 e. The van der Waals surface area contributed by atoms with Crippen molar-refractivity contribution in [1.82, 2.24) is 0 Å². The second-order valence-electron chi connectivity index (χ2n) is 4.36. The van der Waals surface area contributed by atoms with Gasteiger partial charge in [-0.3, -0.25) is 9.59 Å². The topological polar surface area (TPSA) is 89.6 Å². The first-order valence-electron chi connectivity index (χ1n) is 4.86. The second kappa shape index (κ2) is 6.30. The molecule has 0 spiro atoms. The van der Waals surface area contributed by atoms with Crippen LogP contribution < -0.4 is 5.73 Å². The van der Waals surface area contributed by atoms with Crippen LogP contribution in [0.1, 0.15) is 6.42 Å². The van der Waals surface area contributed by atoms with Gasteiger partial charge in [-0.2, -0.15) is 0 Å². The van der Waals surface area contributed by atoms with Crippen molar-refractivity contribution in [2.45, 2.75) is 32.1 Å². The lowest BCUT2D eigenvalue weighted by atomic mass is 10.3. The molecule has 5 nitrogen and oxygen atoms in total. The Labute approximate surface area is 96.0 Å². The van der Waals surface area contributed by atoms with Gasteiger partial charge in [0, 0.05) is 0 Å². The molecule has 1 atom stereocenters. The van der Waals surface area contributed by atoms with Crippen molar-refractivity contribution in [3.63, 3.8) is 0 Å². The summed E-state index contributed by atoms with van der Waals surface area (Å²) in [5, 5.41) is 8.44. The van der Waals surface area contributed by atoms with Crippen LogP contribution in [0, 0.1) is 11.5 Å². The Morgan fingerprint density at radius 1 is 1.44 bits per heavy atom. The SMILES string of the molecule is C[Si](C)(C)C#CCC(=O)OC[C@H](N)C(=O)O. The number of carboxylic acid groups (broad SMARTS) is 1. The highest BCUT2D eigenvalue weighted by Gasteiger charge is 2.13. The van der Waals surface area contributed by atoms with E-state index >= 15 is 0 Å². The number of rotatable bonds is 4. The summed E-state index contributed by atoms with van der Waals surface area (Å²) in [4.78, 5) is 21.4. The van der Waals surface area contributed by atoms with E-state index in [4.69, 9.17) is 10.8 Å². The molecule has 0 amide bonds. The first kappa shape index (κ1) is 14.7. The van der Waals surface area contributed by atoms with Crippen LogP contribution in [0.2, 0.25) is 19.6 Å². The normalized spacial score (nSPS) is 12.2. The van der Waals surface area contributed by atoms with E-state index < -0.39 is 26.1 Å². The standard InChI is InChI=1S/C10H17NO4Si/c1-16(2,3)6-4-5-9(12)15-7-8(11)10(13)14/h8H,5,7,11H2,1-3H3,(H,13,14)/t8-/m0/s1. The van der Waals surface area contributed by atoms with Gasteiger partial charge in [0.05, 0.1) is 0 Å². The highest BCUT2D eigenvalue weighted by atomic mass is 28.3. The van der Waals surface area contributed by atoms with Crippen molar-refractivity contribution >= 4 is 20.0 Å². The van der Waals surface area contributed by atoms with Crippen LogP contribution in [0.3, 0.4) is 0 Å². The van der Waals surface area contributed by atoms with Crippen LogP contribution in [0.5, 0.6) is 0 Å². The lowest BCUT2D eigenvalue weighted by Crippen LogP contribution is -2.35. The molecule has 0 saturated heterocycles. The van der Waals surface area contributed by atoms with Crippen LogP contribution in [0.4, 0.5) is 0 Å². The summed E-state index contributed by atoms with van der Waals surface area (Å²) in [6.45, 7) is 5.87. The van der Waals surface area contributed by atoms with E-state index in [0.717, 1.165) is 0 Å². The fraction of sp³-hybridized carbons (Fsp3) is 0.600. The van der Waals surface area contributed by atoms with Crippen LogP contribution in [0.15, 0.2) is 0 Å². The Bertz CT molecular complexity index is 324. The molecule has 0 heterocycles. The number of carbonyl (C=O) groups is 2. The average Bonchev–Trinajstić information content (AvgIpc) is 2.11. The molecule has 6 heteroatoms. The van der Waals surface area contributed by atoms with E-state index in [1.807, 2.05) is 0 Å². The van der Waals surface area contributed by atoms with E-state index in [9.17, 15) is 9.59 Å². The summed E-state index contributed by atoms with van der Waals surface area (Å²) in [6, 6.07) is -1.17. The molecular formula is C10H17NO4Si. The Morgan fingerprint density at radius 2 is 2.00 bits per heavy atom. The van der Waals surface area contributed by atoms with E-state index in [1.54, 1.807) is 0 Å². The fourth-order valence-electron chi connectivity index (χ4n) is 0.687. The summed E-state index contributed by atoms with van der Waals surface area (Å²) in [5.41, 5.74) is 8.16. The molecule has 0 aromatic rings. The Kier molecular flexibility index (Phi) is 5.78. The molecule has 0 unspecified atom stereocenters. The summed E-state index contributed by atoms with van der Waals surface area (Å²) in [6.07, 6.45) is -0.0173. The van der Waals surface area contributed by atoms with Crippen molar-refractivity contribution < 1.29 is 19.4 Å². The van der Waals surface area contributed by atoms with Gasteiger partial charge in [-0.1, -0.05) is 25.6 Å². The monoisotopic (exact) mass is 243 g/mol. The zero-order valence-electron chi connectivity index (χ0n) is 9.74. The van der Waals surface area contributed by atoms with Gasteiger partial charge in [-0.05, 0) is 0 Å². The third kappa shape index (κ3) is 8.02. The first-order valence-corrected chi connectivity index (χ1v) is 8.36. The van der Waals surface area contributed by atoms with Gasteiger partial charge in [-0.15, -0.1) is 5.54 Å². The zero-order chi connectivity index (χ0) is 12.8. The number of ether oxygens (including phenoxy) is 1. The third-order valence-electron chi connectivity index (χ3n) is 1.44. The number of nitrogens with two attached hydrogens (primary N) is 1. The third-order valence-corrected chi connectivity index (χ3v) is 2.36. The van der Waals surface area contributed by atoms with Crippen molar-refractivity contribution in [2.24, 2.45) is 5.73 Å². The van der Waals surface area contributed by atoms with E-state index in [-0.39, 0.29) is 13.0 Å². The van der Waals surface area contributed by atoms with Gasteiger partial charge in [-0.25, -0.2) is 0 Å². The maximum absolute atomic E-state index is 11.1. The second-order valence-corrected chi connectivity index (χ2v) is 9.11. The summed E-state index contributed by atoms with van der Waals surface area (Å²) in [5.74, 6) is 0.994. The summed E-state index contributed by atoms with van der Waals surface area (Å²) < 4.78 is 4.65. The molecule has 0 fully saturated rings. The number of hydrogen-bond acceptors (Lipinski definition) is 4. The lowest BCUT2D eigenvalue weighted by molar-refractivity contribution is -0.147. The molecule has 0 aliphatic rings. The number of carboxylic acids is 1. The molecular weight excluding hydrogens is 226 g/mol. The molecule has 0 aliphatic heterocycles. The fourth-order valence-corrected chi connectivity index (χ4v) is 1.31. The predicted octanol–water partition coefficient (Wildman–Crippen LogP) is 0.212. The van der Waals surface area contributed by atoms with Crippen molar-refractivity contribution in [1.29, 1.82) is 0 Å². The number of hydrogen-bond donors (Lipinski definition) is 2. The summed E-state index contributed by atoms with van der Waals surface area (Å²) in [7, 11) is -1.47. The Hall–Kier alpha value is -1.32. The van der Waals surface area contributed by atoms with Crippen LogP contribution in [0.25, 0.3) is 0 Å². The summed E-state index contributed by atoms with van der Waals surface area (Å²) >= 11 is 0. The molecule has 0 saturated carbocycles. The Morgan fingerprint density at radius 3 is 2.44 bits per heavy atom. The minimum absolute atomic E-state index is 0.0173. The van der Waals surface area contributed by atoms with Gasteiger partial charge in [0.25, 0.3) is 0 Å². The molecule has 0 rings (SSSR count). The number of carbonyl (C=O) groups excluding carboxylic acids is 1. The van der Waals surface area contributed by atoms with Crippen molar-refractivity contribution in [3.05, 3.63) is 0 Å². The number of esters is 1. The van der Waals surface area contributed by atoms with Gasteiger partial charge in [0.2, 0.25) is 0 Å². The molecule has 3 N–H and O–H groups in total. The zero-order valence-corrected chi connectivity index (χ0v) is 10.7. The maximum atomic E-state index is 11.1. The molecule has 16 heavy (non-hydrogen) atoms. The molecule has 0 aliphatic carbocycles. The van der Waals surface area contributed by atoms with Gasteiger partial charge < -0.3 is 15.6 Å². The first-order chi connectivity index (χ1) is 7.22. The smallest absolute Gasteiger partial charge is 0.324 e. The minimum Gasteiger partial charge on any atom is -0.480 e. The van der Waals surface area contributed by atoms with Gasteiger partial charge >= 0.3 is 11.9 Å². The van der Waals surface area contributed by atoms with Gasteiger partial charge in [0.15, 0.2) is 0 Å².